The fourth-order valence-corrected chi connectivity index (χ4v) is 3.98. The molecule has 2 aliphatic rings. The second-order valence-corrected chi connectivity index (χ2v) is 7.75. The Morgan fingerprint density at radius 2 is 1.92 bits per heavy atom. The largest absolute Gasteiger partial charge is 0.326 e. The van der Waals surface area contributed by atoms with Crippen molar-refractivity contribution in [2.75, 3.05) is 18.4 Å². The number of nitrogens with one attached hydrogen (secondary N) is 1. The number of carbonyl (C=O) groups excluding carboxylic acids is 1. The quantitative estimate of drug-likeness (QED) is 0.889. The van der Waals surface area contributed by atoms with Crippen LogP contribution in [0.3, 0.4) is 0 Å². The van der Waals surface area contributed by atoms with Gasteiger partial charge in [-0.2, -0.15) is 0 Å². The highest BCUT2D eigenvalue weighted by molar-refractivity contribution is 7.09. The number of anilines is 1. The van der Waals surface area contributed by atoms with E-state index in [4.69, 9.17) is 4.98 Å². The molecule has 1 amide bonds. The summed E-state index contributed by atoms with van der Waals surface area (Å²) in [6.45, 7) is 3.37. The summed E-state index contributed by atoms with van der Waals surface area (Å²) in [7, 11) is 0. The molecule has 2 fully saturated rings. The number of benzene rings is 1. The minimum absolute atomic E-state index is 0.153. The third kappa shape index (κ3) is 3.84. The van der Waals surface area contributed by atoms with Gasteiger partial charge in [0.15, 0.2) is 0 Å². The Morgan fingerprint density at radius 3 is 2.62 bits per heavy atom. The minimum atomic E-state index is 0.153. The molecule has 1 aliphatic carbocycles. The second kappa shape index (κ2) is 7.03. The lowest BCUT2D eigenvalue weighted by Crippen LogP contribution is -2.28. The third-order valence-electron chi connectivity index (χ3n) is 4.76. The number of likely N-dealkylation sites (tertiary alicyclic amines) is 1. The lowest BCUT2D eigenvalue weighted by molar-refractivity contribution is -0.117. The Balaban J connectivity index is 1.39. The average molecular weight is 341 g/mol. The fourth-order valence-electron chi connectivity index (χ4n) is 3.14. The smallest absolute Gasteiger partial charge is 0.227 e. The molecule has 1 N–H and O–H groups in total. The zero-order valence-corrected chi connectivity index (χ0v) is 14.6. The maximum absolute atomic E-state index is 11.8. The van der Waals surface area contributed by atoms with Crippen LogP contribution >= 0.6 is 11.3 Å². The highest BCUT2D eigenvalue weighted by Gasteiger charge is 2.29. The summed E-state index contributed by atoms with van der Waals surface area (Å²) < 4.78 is 0. The van der Waals surface area contributed by atoms with Gasteiger partial charge < -0.3 is 5.32 Å². The number of thiazole rings is 1. The standard InChI is InChI=1S/C19H23N3OS/c23-19(15-4-5-15)20-16-8-6-14(7-9-16)17-13-24-18(21-17)12-22-10-2-1-3-11-22/h6-9,13,15H,1-5,10-12H2,(H,20,23). The normalized spacial score (nSPS) is 18.5. The SMILES string of the molecule is O=C(Nc1ccc(-c2csc(CN3CCCCC3)n2)cc1)C1CC1. The summed E-state index contributed by atoms with van der Waals surface area (Å²) in [6.07, 6.45) is 6.05. The highest BCUT2D eigenvalue weighted by atomic mass is 32.1. The van der Waals surface area contributed by atoms with Crippen molar-refractivity contribution >= 4 is 22.9 Å². The number of rotatable bonds is 5. The molecule has 1 aromatic heterocycles. The van der Waals surface area contributed by atoms with Crippen LogP contribution in [0.1, 0.15) is 37.1 Å². The van der Waals surface area contributed by atoms with Gasteiger partial charge in [-0.05, 0) is 50.9 Å². The van der Waals surface area contributed by atoms with Crippen LogP contribution in [0.25, 0.3) is 11.3 Å². The Kier molecular flexibility index (Phi) is 4.63. The molecule has 5 heteroatoms. The van der Waals surface area contributed by atoms with E-state index in [-0.39, 0.29) is 11.8 Å². The maximum atomic E-state index is 11.8. The van der Waals surface area contributed by atoms with E-state index in [1.54, 1.807) is 11.3 Å². The molecule has 1 saturated carbocycles. The van der Waals surface area contributed by atoms with Gasteiger partial charge in [-0.3, -0.25) is 9.69 Å². The van der Waals surface area contributed by atoms with Crippen molar-refractivity contribution in [2.24, 2.45) is 5.92 Å². The van der Waals surface area contributed by atoms with Crippen LogP contribution in [0, 0.1) is 5.92 Å². The van der Waals surface area contributed by atoms with E-state index in [0.717, 1.165) is 36.3 Å². The van der Waals surface area contributed by atoms with Crippen LogP contribution in [0.15, 0.2) is 29.6 Å². The van der Waals surface area contributed by atoms with Crippen molar-refractivity contribution in [1.29, 1.82) is 0 Å². The van der Waals surface area contributed by atoms with Gasteiger partial charge in [0, 0.05) is 22.5 Å². The van der Waals surface area contributed by atoms with Crippen molar-refractivity contribution < 1.29 is 4.79 Å². The molecule has 1 saturated heterocycles. The first kappa shape index (κ1) is 15.8. The van der Waals surface area contributed by atoms with E-state index in [2.05, 4.69) is 15.6 Å². The Hall–Kier alpha value is -1.72. The van der Waals surface area contributed by atoms with E-state index < -0.39 is 0 Å². The van der Waals surface area contributed by atoms with Crippen LogP contribution in [0.5, 0.6) is 0 Å². The van der Waals surface area contributed by atoms with Crippen LogP contribution < -0.4 is 5.32 Å². The van der Waals surface area contributed by atoms with Gasteiger partial charge in [0.2, 0.25) is 5.91 Å². The number of hydrogen-bond acceptors (Lipinski definition) is 4. The van der Waals surface area contributed by atoms with E-state index >= 15 is 0 Å². The van der Waals surface area contributed by atoms with Crippen LogP contribution in [-0.2, 0) is 11.3 Å². The van der Waals surface area contributed by atoms with Crippen molar-refractivity contribution in [3.63, 3.8) is 0 Å². The molecule has 1 aromatic carbocycles. The number of nitrogens with zero attached hydrogens (tertiary/aromatic N) is 2. The summed E-state index contributed by atoms with van der Waals surface area (Å²) >= 11 is 1.74. The minimum Gasteiger partial charge on any atom is -0.326 e. The summed E-state index contributed by atoms with van der Waals surface area (Å²) in [5.41, 5.74) is 3.02. The maximum Gasteiger partial charge on any atom is 0.227 e. The van der Waals surface area contributed by atoms with Gasteiger partial charge >= 0.3 is 0 Å². The molecule has 0 bridgehead atoms. The molecule has 2 heterocycles. The summed E-state index contributed by atoms with van der Waals surface area (Å²) in [5, 5.41) is 6.31. The van der Waals surface area contributed by atoms with Gasteiger partial charge in [0.25, 0.3) is 0 Å². The van der Waals surface area contributed by atoms with Gasteiger partial charge in [-0.15, -0.1) is 11.3 Å². The monoisotopic (exact) mass is 341 g/mol. The lowest BCUT2D eigenvalue weighted by atomic mass is 10.1. The third-order valence-corrected chi connectivity index (χ3v) is 5.59. The molecular formula is C19H23N3OS. The number of amides is 1. The number of aromatic nitrogens is 1. The summed E-state index contributed by atoms with van der Waals surface area (Å²) in [5.74, 6) is 0.390. The highest BCUT2D eigenvalue weighted by Crippen LogP contribution is 2.30. The number of carbonyl (C=O) groups is 1. The molecule has 2 aromatic rings. The molecule has 0 spiro atoms. The molecule has 0 atom stereocenters. The topological polar surface area (TPSA) is 45.2 Å². The van der Waals surface area contributed by atoms with Gasteiger partial charge in [-0.25, -0.2) is 4.98 Å². The Bertz CT molecular complexity index is 700. The van der Waals surface area contributed by atoms with Crippen molar-refractivity contribution in [3.05, 3.63) is 34.7 Å². The molecule has 24 heavy (non-hydrogen) atoms. The van der Waals surface area contributed by atoms with Crippen LogP contribution in [-0.4, -0.2) is 28.9 Å². The van der Waals surface area contributed by atoms with Crippen molar-refractivity contribution in [1.82, 2.24) is 9.88 Å². The number of piperidine rings is 1. The zero-order valence-electron chi connectivity index (χ0n) is 13.8. The molecule has 126 valence electrons. The molecule has 4 rings (SSSR count). The Labute approximate surface area is 146 Å². The first-order valence-electron chi connectivity index (χ1n) is 8.86. The van der Waals surface area contributed by atoms with Crippen LogP contribution in [0.4, 0.5) is 5.69 Å². The molecule has 4 nitrogen and oxygen atoms in total. The second-order valence-electron chi connectivity index (χ2n) is 6.80. The predicted octanol–water partition coefficient (Wildman–Crippen LogP) is 4.14. The molecule has 1 aliphatic heterocycles. The first-order chi connectivity index (χ1) is 11.8. The summed E-state index contributed by atoms with van der Waals surface area (Å²) in [6, 6.07) is 8.03. The van der Waals surface area contributed by atoms with Gasteiger partial charge in [-0.1, -0.05) is 18.6 Å². The van der Waals surface area contributed by atoms with E-state index in [1.807, 2.05) is 24.3 Å². The van der Waals surface area contributed by atoms with E-state index in [1.165, 1.54) is 37.4 Å². The van der Waals surface area contributed by atoms with E-state index in [0.29, 0.717) is 0 Å². The molecule has 0 radical (unpaired) electrons. The zero-order chi connectivity index (χ0) is 16.4. The van der Waals surface area contributed by atoms with Crippen molar-refractivity contribution in [3.8, 4) is 11.3 Å². The average Bonchev–Trinajstić information content (AvgIpc) is 3.37. The van der Waals surface area contributed by atoms with E-state index in [9.17, 15) is 4.79 Å². The van der Waals surface area contributed by atoms with Gasteiger partial charge in [0.05, 0.1) is 12.2 Å². The predicted molar refractivity (Wildman–Crippen MR) is 98.0 cm³/mol. The number of hydrogen-bond donors (Lipinski definition) is 1. The molecular weight excluding hydrogens is 318 g/mol. The first-order valence-corrected chi connectivity index (χ1v) is 9.74. The lowest BCUT2D eigenvalue weighted by Gasteiger charge is -2.25. The Morgan fingerprint density at radius 1 is 1.17 bits per heavy atom. The fraction of sp³-hybridized carbons (Fsp3) is 0.474. The summed E-state index contributed by atoms with van der Waals surface area (Å²) in [4.78, 5) is 19.1. The molecule has 0 unspecified atom stereocenters. The van der Waals surface area contributed by atoms with Crippen LogP contribution in [0.2, 0.25) is 0 Å². The van der Waals surface area contributed by atoms with Gasteiger partial charge in [0.1, 0.15) is 5.01 Å². The van der Waals surface area contributed by atoms with Crippen molar-refractivity contribution in [2.45, 2.75) is 38.6 Å².